The zero-order chi connectivity index (χ0) is 11.6. The summed E-state index contributed by atoms with van der Waals surface area (Å²) in [6.07, 6.45) is 4.02. The van der Waals surface area contributed by atoms with Gasteiger partial charge < -0.3 is 14.8 Å². The largest absolute Gasteiger partial charge is 0.376 e. The number of hydrogen-bond donors (Lipinski definition) is 1. The summed E-state index contributed by atoms with van der Waals surface area (Å²) in [5.74, 6) is 0.615. The number of ether oxygens (including phenoxy) is 2. The number of rotatable bonds is 5. The molecule has 1 heterocycles. The smallest absolute Gasteiger partial charge is 0.249 e. The van der Waals surface area contributed by atoms with Crippen LogP contribution in [0.5, 0.6) is 0 Å². The van der Waals surface area contributed by atoms with E-state index in [0.717, 1.165) is 12.8 Å². The lowest BCUT2D eigenvalue weighted by Crippen LogP contribution is -2.46. The summed E-state index contributed by atoms with van der Waals surface area (Å²) in [4.78, 5) is 11.8. The number of carbonyl (C=O) groups excluding carboxylic acids is 1. The highest BCUT2D eigenvalue weighted by molar-refractivity contribution is 5.81. The molecule has 2 aliphatic rings. The molecule has 1 N–H and O–H groups in total. The average Bonchev–Trinajstić information content (AvgIpc) is 3.02. The molecule has 1 saturated carbocycles. The minimum Gasteiger partial charge on any atom is -0.376 e. The summed E-state index contributed by atoms with van der Waals surface area (Å²) in [5, 5.41) is 2.95. The van der Waals surface area contributed by atoms with Gasteiger partial charge in [0.05, 0.1) is 5.60 Å². The van der Waals surface area contributed by atoms with E-state index >= 15 is 0 Å². The van der Waals surface area contributed by atoms with Crippen molar-refractivity contribution in [2.75, 3.05) is 20.3 Å². The first-order valence-corrected chi connectivity index (χ1v) is 6.10. The van der Waals surface area contributed by atoms with Gasteiger partial charge in [0.25, 0.3) is 0 Å². The van der Waals surface area contributed by atoms with Crippen molar-refractivity contribution in [1.82, 2.24) is 5.32 Å². The number of methoxy groups -OCH3 is 1. The normalized spacial score (nSPS) is 28.8. The molecule has 1 amide bonds. The molecule has 4 nitrogen and oxygen atoms in total. The van der Waals surface area contributed by atoms with Crippen molar-refractivity contribution >= 4 is 5.91 Å². The number of carbonyl (C=O) groups is 1. The molecule has 0 aromatic carbocycles. The second kappa shape index (κ2) is 4.72. The van der Waals surface area contributed by atoms with Crippen molar-refractivity contribution in [3.05, 3.63) is 0 Å². The highest BCUT2D eigenvalue weighted by atomic mass is 16.5. The van der Waals surface area contributed by atoms with Gasteiger partial charge in [-0.15, -0.1) is 0 Å². The Morgan fingerprint density at radius 3 is 2.75 bits per heavy atom. The van der Waals surface area contributed by atoms with Gasteiger partial charge in [-0.1, -0.05) is 0 Å². The van der Waals surface area contributed by atoms with Gasteiger partial charge in [0.1, 0.15) is 6.10 Å². The maximum atomic E-state index is 11.8. The molecule has 0 spiro atoms. The lowest BCUT2D eigenvalue weighted by molar-refractivity contribution is -0.131. The van der Waals surface area contributed by atoms with E-state index in [9.17, 15) is 4.79 Å². The first kappa shape index (κ1) is 11.9. The zero-order valence-electron chi connectivity index (χ0n) is 10.1. The van der Waals surface area contributed by atoms with Crippen LogP contribution in [0.1, 0.15) is 32.6 Å². The van der Waals surface area contributed by atoms with Crippen LogP contribution in [0.15, 0.2) is 0 Å². The Morgan fingerprint density at radius 1 is 1.50 bits per heavy atom. The van der Waals surface area contributed by atoms with Gasteiger partial charge in [0, 0.05) is 20.3 Å². The quantitative estimate of drug-likeness (QED) is 0.765. The Bertz CT molecular complexity index is 259. The third-order valence-electron chi connectivity index (χ3n) is 3.74. The second-order valence-electron chi connectivity index (χ2n) is 5.01. The van der Waals surface area contributed by atoms with E-state index < -0.39 is 0 Å². The van der Waals surface area contributed by atoms with Gasteiger partial charge in [0.15, 0.2) is 0 Å². The minimum absolute atomic E-state index is 0.0152. The van der Waals surface area contributed by atoms with Gasteiger partial charge in [-0.2, -0.15) is 0 Å². The van der Waals surface area contributed by atoms with Crippen LogP contribution in [-0.4, -0.2) is 37.9 Å². The monoisotopic (exact) mass is 227 g/mol. The highest BCUT2D eigenvalue weighted by Gasteiger charge is 2.42. The molecule has 92 valence electrons. The van der Waals surface area contributed by atoms with E-state index in [-0.39, 0.29) is 17.6 Å². The maximum Gasteiger partial charge on any atom is 0.249 e. The molecule has 1 saturated heterocycles. The van der Waals surface area contributed by atoms with E-state index in [0.29, 0.717) is 19.1 Å². The first-order chi connectivity index (χ1) is 7.65. The lowest BCUT2D eigenvalue weighted by Gasteiger charge is -2.28. The fourth-order valence-corrected chi connectivity index (χ4v) is 2.24. The highest BCUT2D eigenvalue weighted by Crippen LogP contribution is 2.41. The van der Waals surface area contributed by atoms with Crippen LogP contribution < -0.4 is 5.32 Å². The molecule has 2 rings (SSSR count). The van der Waals surface area contributed by atoms with Crippen LogP contribution in [0.3, 0.4) is 0 Å². The summed E-state index contributed by atoms with van der Waals surface area (Å²) < 4.78 is 10.9. The van der Waals surface area contributed by atoms with Crippen molar-refractivity contribution in [3.8, 4) is 0 Å². The van der Waals surface area contributed by atoms with E-state index in [1.807, 2.05) is 0 Å². The Morgan fingerprint density at radius 2 is 2.25 bits per heavy atom. The van der Waals surface area contributed by atoms with Gasteiger partial charge in [-0.05, 0) is 38.5 Å². The number of amides is 1. The topological polar surface area (TPSA) is 47.6 Å². The van der Waals surface area contributed by atoms with E-state index in [1.165, 1.54) is 12.8 Å². The maximum absolute atomic E-state index is 11.8. The molecule has 0 aromatic heterocycles. The first-order valence-electron chi connectivity index (χ1n) is 6.10. The molecular weight excluding hydrogens is 206 g/mol. The number of nitrogens with one attached hydrogen (secondary N) is 1. The fraction of sp³-hybridized carbons (Fsp3) is 0.917. The number of hydrogen-bond acceptors (Lipinski definition) is 3. The standard InChI is InChI=1S/C12H21NO3/c1-12(15-2,9-5-6-9)8-13-11(14)10-4-3-7-16-10/h9-10H,3-8H2,1-2H3,(H,13,14)/t10-,12-/m1/s1. The third-order valence-corrected chi connectivity index (χ3v) is 3.74. The lowest BCUT2D eigenvalue weighted by atomic mass is 10.00. The molecule has 16 heavy (non-hydrogen) atoms. The van der Waals surface area contributed by atoms with Gasteiger partial charge in [-0.3, -0.25) is 4.79 Å². The molecular formula is C12H21NO3. The van der Waals surface area contributed by atoms with Crippen LogP contribution in [0.2, 0.25) is 0 Å². The summed E-state index contributed by atoms with van der Waals surface area (Å²) >= 11 is 0. The zero-order valence-corrected chi connectivity index (χ0v) is 10.1. The summed E-state index contributed by atoms with van der Waals surface area (Å²) in [7, 11) is 1.72. The van der Waals surface area contributed by atoms with Crippen molar-refractivity contribution in [1.29, 1.82) is 0 Å². The molecule has 0 bridgehead atoms. The van der Waals surface area contributed by atoms with E-state index in [4.69, 9.17) is 9.47 Å². The van der Waals surface area contributed by atoms with E-state index in [2.05, 4.69) is 12.2 Å². The van der Waals surface area contributed by atoms with Crippen molar-refractivity contribution in [2.45, 2.75) is 44.3 Å². The van der Waals surface area contributed by atoms with Crippen LogP contribution in [0.4, 0.5) is 0 Å². The molecule has 2 atom stereocenters. The molecule has 2 fully saturated rings. The second-order valence-corrected chi connectivity index (χ2v) is 5.01. The minimum atomic E-state index is -0.236. The Kier molecular flexibility index (Phi) is 3.50. The van der Waals surface area contributed by atoms with Crippen LogP contribution in [0.25, 0.3) is 0 Å². The van der Waals surface area contributed by atoms with Crippen molar-refractivity contribution < 1.29 is 14.3 Å². The third kappa shape index (κ3) is 2.55. The van der Waals surface area contributed by atoms with Crippen LogP contribution in [-0.2, 0) is 14.3 Å². The summed E-state index contributed by atoms with van der Waals surface area (Å²) in [5.41, 5.74) is -0.200. The summed E-state index contributed by atoms with van der Waals surface area (Å²) in [6, 6.07) is 0. The Labute approximate surface area is 96.7 Å². The molecule has 0 unspecified atom stereocenters. The van der Waals surface area contributed by atoms with Crippen LogP contribution >= 0.6 is 0 Å². The van der Waals surface area contributed by atoms with E-state index in [1.54, 1.807) is 7.11 Å². The molecule has 1 aliphatic heterocycles. The summed E-state index contributed by atoms with van der Waals surface area (Å²) in [6.45, 7) is 3.37. The van der Waals surface area contributed by atoms with Crippen molar-refractivity contribution in [2.24, 2.45) is 5.92 Å². The molecule has 0 radical (unpaired) electrons. The molecule has 0 aromatic rings. The SMILES string of the molecule is CO[C@](C)(CNC(=O)[C@H]1CCCO1)C1CC1. The predicted molar refractivity (Wildman–Crippen MR) is 60.1 cm³/mol. The van der Waals surface area contributed by atoms with Gasteiger partial charge in [0.2, 0.25) is 5.91 Å². The van der Waals surface area contributed by atoms with Crippen LogP contribution in [0, 0.1) is 5.92 Å². The van der Waals surface area contributed by atoms with Gasteiger partial charge in [-0.25, -0.2) is 0 Å². The Hall–Kier alpha value is -0.610. The predicted octanol–water partition coefficient (Wildman–Crippen LogP) is 1.10. The average molecular weight is 227 g/mol. The fourth-order valence-electron chi connectivity index (χ4n) is 2.24. The van der Waals surface area contributed by atoms with Gasteiger partial charge >= 0.3 is 0 Å². The molecule has 1 aliphatic carbocycles. The molecule has 4 heteroatoms. The Balaban J connectivity index is 1.78. The van der Waals surface area contributed by atoms with Crippen molar-refractivity contribution in [3.63, 3.8) is 0 Å².